The van der Waals surface area contributed by atoms with Crippen molar-refractivity contribution >= 4 is 17.0 Å². The number of halogens is 1. The van der Waals surface area contributed by atoms with Gasteiger partial charge in [0.05, 0.1) is 24.5 Å². The molecule has 1 aliphatic carbocycles. The van der Waals surface area contributed by atoms with E-state index in [1.54, 1.807) is 6.92 Å². The van der Waals surface area contributed by atoms with Crippen molar-refractivity contribution in [2.45, 2.75) is 52.2 Å². The Morgan fingerprint density at radius 1 is 1.42 bits per heavy atom. The second-order valence-corrected chi connectivity index (χ2v) is 6.49. The zero-order chi connectivity index (χ0) is 17.3. The molecule has 2 aromatic heterocycles. The second kappa shape index (κ2) is 6.89. The number of nitrogens with zero attached hydrogens (tertiary/aromatic N) is 2. The minimum Gasteiger partial charge on any atom is -0.462 e. The van der Waals surface area contributed by atoms with E-state index >= 15 is 0 Å². The smallest absolute Gasteiger partial charge is 0.340 e. The highest BCUT2D eigenvalue weighted by molar-refractivity contribution is 6.04. The summed E-state index contributed by atoms with van der Waals surface area (Å²) in [5.74, 6) is -0.485. The molecule has 0 spiro atoms. The van der Waals surface area contributed by atoms with Gasteiger partial charge in [-0.05, 0) is 51.5 Å². The van der Waals surface area contributed by atoms with Crippen molar-refractivity contribution in [2.75, 3.05) is 6.61 Å². The van der Waals surface area contributed by atoms with Crippen LogP contribution in [0.15, 0.2) is 12.3 Å². The molecule has 6 heteroatoms. The molecule has 0 radical (unpaired) electrons. The van der Waals surface area contributed by atoms with Crippen molar-refractivity contribution < 1.29 is 19.0 Å². The topological polar surface area (TPSA) is 64.3 Å². The fraction of sp³-hybridized carbons (Fsp3) is 0.556. The molecule has 1 aliphatic rings. The number of pyridine rings is 1. The maximum Gasteiger partial charge on any atom is 0.340 e. The van der Waals surface area contributed by atoms with Gasteiger partial charge in [-0.3, -0.25) is 0 Å². The van der Waals surface area contributed by atoms with Crippen LogP contribution in [0.3, 0.4) is 0 Å². The number of hydrogen-bond acceptors (Lipinski definition) is 4. The average molecular weight is 334 g/mol. The Hall–Kier alpha value is -1.95. The van der Waals surface area contributed by atoms with Crippen LogP contribution >= 0.6 is 0 Å². The lowest BCUT2D eigenvalue weighted by atomic mass is 9.87. The van der Waals surface area contributed by atoms with Crippen LogP contribution in [0.2, 0.25) is 0 Å². The first-order valence-corrected chi connectivity index (χ1v) is 8.50. The Morgan fingerprint density at radius 2 is 2.12 bits per heavy atom. The van der Waals surface area contributed by atoms with E-state index in [9.17, 15) is 14.3 Å². The molecule has 1 saturated carbocycles. The number of aliphatic hydroxyl groups excluding tert-OH is 1. The van der Waals surface area contributed by atoms with Crippen LogP contribution in [-0.4, -0.2) is 33.3 Å². The van der Waals surface area contributed by atoms with E-state index in [0.717, 1.165) is 31.4 Å². The van der Waals surface area contributed by atoms with Crippen LogP contribution in [-0.2, 0) is 11.3 Å². The highest BCUT2D eigenvalue weighted by Gasteiger charge is 2.25. The van der Waals surface area contributed by atoms with E-state index in [-0.39, 0.29) is 12.7 Å². The van der Waals surface area contributed by atoms with Crippen molar-refractivity contribution in [1.82, 2.24) is 9.55 Å². The first kappa shape index (κ1) is 16.9. The Labute approximate surface area is 140 Å². The van der Waals surface area contributed by atoms with E-state index in [1.807, 2.05) is 11.5 Å². The van der Waals surface area contributed by atoms with Gasteiger partial charge < -0.3 is 14.4 Å². The summed E-state index contributed by atoms with van der Waals surface area (Å²) in [7, 11) is 0. The van der Waals surface area contributed by atoms with E-state index in [0.29, 0.717) is 29.1 Å². The summed E-state index contributed by atoms with van der Waals surface area (Å²) in [4.78, 5) is 16.5. The number of hydrogen-bond donors (Lipinski definition) is 1. The monoisotopic (exact) mass is 334 g/mol. The molecule has 0 bridgehead atoms. The Balaban J connectivity index is 2.01. The van der Waals surface area contributed by atoms with Crippen molar-refractivity contribution in [3.63, 3.8) is 0 Å². The Kier molecular flexibility index (Phi) is 4.85. The molecule has 0 atom stereocenters. The average Bonchev–Trinajstić information content (AvgIpc) is 2.81. The van der Waals surface area contributed by atoms with Gasteiger partial charge in [-0.15, -0.1) is 0 Å². The van der Waals surface area contributed by atoms with Gasteiger partial charge >= 0.3 is 5.97 Å². The van der Waals surface area contributed by atoms with Crippen molar-refractivity contribution in [2.24, 2.45) is 5.92 Å². The first-order chi connectivity index (χ1) is 11.5. The van der Waals surface area contributed by atoms with Crippen LogP contribution in [0.4, 0.5) is 4.39 Å². The summed E-state index contributed by atoms with van der Waals surface area (Å²) < 4.78 is 20.8. The van der Waals surface area contributed by atoms with E-state index in [2.05, 4.69) is 4.98 Å². The summed E-state index contributed by atoms with van der Waals surface area (Å²) >= 11 is 0. The van der Waals surface area contributed by atoms with Crippen LogP contribution in [0, 0.1) is 18.7 Å². The van der Waals surface area contributed by atoms with E-state index in [1.165, 1.54) is 12.3 Å². The number of aliphatic hydroxyl groups is 1. The minimum atomic E-state index is -0.467. The van der Waals surface area contributed by atoms with Crippen LogP contribution in [0.5, 0.6) is 0 Å². The normalized spacial score (nSPS) is 21.2. The number of ether oxygens (including phenoxy) is 1. The van der Waals surface area contributed by atoms with Gasteiger partial charge in [-0.25, -0.2) is 14.2 Å². The van der Waals surface area contributed by atoms with Gasteiger partial charge in [-0.2, -0.15) is 0 Å². The van der Waals surface area contributed by atoms with Crippen molar-refractivity contribution in [3.8, 4) is 0 Å². The lowest BCUT2D eigenvalue weighted by Crippen LogP contribution is -2.22. The summed E-state index contributed by atoms with van der Waals surface area (Å²) in [6, 6.07) is 1.35. The summed E-state index contributed by atoms with van der Waals surface area (Å²) in [6.45, 7) is 4.59. The summed E-state index contributed by atoms with van der Waals surface area (Å²) in [6.07, 6.45) is 4.46. The van der Waals surface area contributed by atoms with Gasteiger partial charge in [0.1, 0.15) is 11.5 Å². The predicted molar refractivity (Wildman–Crippen MR) is 88.3 cm³/mol. The maximum absolute atomic E-state index is 13.7. The van der Waals surface area contributed by atoms with E-state index in [4.69, 9.17) is 4.74 Å². The number of fused-ring (bicyclic) bond motifs is 1. The maximum atomic E-state index is 13.7. The van der Waals surface area contributed by atoms with Gasteiger partial charge in [0.15, 0.2) is 0 Å². The molecule has 2 aromatic rings. The third-order valence-electron chi connectivity index (χ3n) is 4.86. The van der Waals surface area contributed by atoms with Gasteiger partial charge in [0.2, 0.25) is 0 Å². The molecule has 3 rings (SSSR count). The third kappa shape index (κ3) is 3.15. The Morgan fingerprint density at radius 3 is 2.79 bits per heavy atom. The van der Waals surface area contributed by atoms with Gasteiger partial charge in [-0.1, -0.05) is 0 Å². The summed E-state index contributed by atoms with van der Waals surface area (Å²) in [5.41, 5.74) is 1.77. The fourth-order valence-electron chi connectivity index (χ4n) is 3.59. The zero-order valence-corrected chi connectivity index (χ0v) is 14.1. The number of aromatic nitrogens is 2. The Bertz CT molecular complexity index is 748. The molecule has 0 aliphatic heterocycles. The molecule has 2 heterocycles. The fourth-order valence-corrected chi connectivity index (χ4v) is 3.59. The molecule has 24 heavy (non-hydrogen) atoms. The molecule has 0 unspecified atom stereocenters. The number of carbonyl (C=O) groups excluding carboxylic acids is 1. The standard InChI is InChI=1S/C18H23FN2O3/c1-3-24-18(23)16-11(2)21(10-12-4-6-14(22)7-5-12)17-15(16)8-13(19)9-20-17/h8-9,12,14,22H,3-7,10H2,1-2H3. The molecule has 0 amide bonds. The predicted octanol–water partition coefficient (Wildman–Crippen LogP) is 3.21. The third-order valence-corrected chi connectivity index (χ3v) is 4.86. The summed E-state index contributed by atoms with van der Waals surface area (Å²) in [5, 5.41) is 10.2. The highest BCUT2D eigenvalue weighted by Crippen LogP contribution is 2.31. The molecule has 1 N–H and O–H groups in total. The molecule has 0 aromatic carbocycles. The molecular weight excluding hydrogens is 311 g/mol. The largest absolute Gasteiger partial charge is 0.462 e. The number of rotatable bonds is 4. The highest BCUT2D eigenvalue weighted by atomic mass is 19.1. The van der Waals surface area contributed by atoms with Crippen LogP contribution in [0.25, 0.3) is 11.0 Å². The number of esters is 1. The van der Waals surface area contributed by atoms with Crippen LogP contribution in [0.1, 0.15) is 48.7 Å². The molecule has 130 valence electrons. The van der Waals surface area contributed by atoms with E-state index < -0.39 is 11.8 Å². The quantitative estimate of drug-likeness (QED) is 0.872. The SMILES string of the molecule is CCOC(=O)c1c(C)n(CC2CCC(O)CC2)c2ncc(F)cc12. The lowest BCUT2D eigenvalue weighted by molar-refractivity contribution is 0.0527. The first-order valence-electron chi connectivity index (χ1n) is 8.50. The zero-order valence-electron chi connectivity index (χ0n) is 14.1. The van der Waals surface area contributed by atoms with Crippen molar-refractivity contribution in [1.29, 1.82) is 0 Å². The second-order valence-electron chi connectivity index (χ2n) is 6.49. The van der Waals surface area contributed by atoms with Gasteiger partial charge in [0, 0.05) is 17.6 Å². The molecule has 5 nitrogen and oxygen atoms in total. The minimum absolute atomic E-state index is 0.203. The molecular formula is C18H23FN2O3. The molecule has 0 saturated heterocycles. The lowest BCUT2D eigenvalue weighted by Gasteiger charge is -2.26. The van der Waals surface area contributed by atoms with Gasteiger partial charge in [0.25, 0.3) is 0 Å². The number of carbonyl (C=O) groups is 1. The van der Waals surface area contributed by atoms with Crippen LogP contribution < -0.4 is 0 Å². The molecule has 1 fully saturated rings. The van der Waals surface area contributed by atoms with Crippen molar-refractivity contribution in [3.05, 3.63) is 29.3 Å².